The molecule has 0 aromatic rings. The molecule has 102 valence electrons. The first-order valence-electron chi connectivity index (χ1n) is 6.17. The highest BCUT2D eigenvalue weighted by atomic mass is 32.2. The number of nitrogens with zero attached hydrogens (tertiary/aromatic N) is 2. The normalized spacial score (nSPS) is 27.1. The summed E-state index contributed by atoms with van der Waals surface area (Å²) in [5.74, 6) is 0. The minimum absolute atomic E-state index is 0.0804. The van der Waals surface area contributed by atoms with Gasteiger partial charge in [0.2, 0.25) is 0 Å². The van der Waals surface area contributed by atoms with Crippen LogP contribution in [-0.4, -0.2) is 54.4 Å². The molecule has 1 saturated carbocycles. The molecule has 1 N–H and O–H groups in total. The van der Waals surface area contributed by atoms with E-state index in [0.717, 1.165) is 19.3 Å². The first-order chi connectivity index (χ1) is 7.78. The molecule has 0 bridgehead atoms. The molecule has 0 amide bonds. The summed E-state index contributed by atoms with van der Waals surface area (Å²) in [6.45, 7) is 3.67. The predicted octanol–water partition coefficient (Wildman–Crippen LogP) is 0.807. The second-order valence-corrected chi connectivity index (χ2v) is 7.10. The van der Waals surface area contributed by atoms with Crippen molar-refractivity contribution in [2.24, 2.45) is 0 Å². The number of hydrogen-bond acceptors (Lipinski definition) is 3. The lowest BCUT2D eigenvalue weighted by molar-refractivity contribution is 0.0613. The third-order valence-electron chi connectivity index (χ3n) is 3.62. The zero-order chi connectivity index (χ0) is 13.2. The van der Waals surface area contributed by atoms with Crippen molar-refractivity contribution in [2.45, 2.75) is 57.7 Å². The number of aliphatic hydroxyl groups excluding tert-OH is 1. The smallest absolute Gasteiger partial charge is 0.282 e. The highest BCUT2D eigenvalue weighted by molar-refractivity contribution is 7.86. The summed E-state index contributed by atoms with van der Waals surface area (Å²) in [4.78, 5) is 0. The van der Waals surface area contributed by atoms with Crippen LogP contribution in [0.5, 0.6) is 0 Å². The molecule has 17 heavy (non-hydrogen) atoms. The van der Waals surface area contributed by atoms with Crippen LogP contribution in [0.3, 0.4) is 0 Å². The van der Waals surface area contributed by atoms with Crippen LogP contribution in [0.25, 0.3) is 0 Å². The maximum atomic E-state index is 12.3. The predicted molar refractivity (Wildman–Crippen MR) is 67.8 cm³/mol. The molecule has 1 rings (SSSR count). The van der Waals surface area contributed by atoms with Gasteiger partial charge in [-0.3, -0.25) is 0 Å². The molecule has 0 heterocycles. The Morgan fingerprint density at radius 3 is 2.18 bits per heavy atom. The number of likely N-dealkylation sites (N-methyl/N-ethyl adjacent to an activating group) is 1. The molecule has 0 aromatic heterocycles. The average molecular weight is 264 g/mol. The zero-order valence-corrected chi connectivity index (χ0v) is 11.9. The molecule has 1 aliphatic carbocycles. The Morgan fingerprint density at radius 1 is 1.18 bits per heavy atom. The minimum Gasteiger partial charge on any atom is -0.391 e. The van der Waals surface area contributed by atoms with Gasteiger partial charge in [-0.1, -0.05) is 12.8 Å². The standard InChI is InChI=1S/C11H24N2O3S/c1-9(2)12(3)17(15,16)13(4)10-7-5-6-8-11(10)14/h9-11,14H,5-8H2,1-4H3. The van der Waals surface area contributed by atoms with Gasteiger partial charge in [0.1, 0.15) is 0 Å². The molecule has 0 aliphatic heterocycles. The van der Waals surface area contributed by atoms with Crippen molar-refractivity contribution in [2.75, 3.05) is 14.1 Å². The lowest BCUT2D eigenvalue weighted by Crippen LogP contribution is -2.52. The van der Waals surface area contributed by atoms with E-state index >= 15 is 0 Å². The Morgan fingerprint density at radius 2 is 1.71 bits per heavy atom. The Balaban J connectivity index is 2.84. The summed E-state index contributed by atoms with van der Waals surface area (Å²) in [6.07, 6.45) is 2.85. The third-order valence-corrected chi connectivity index (χ3v) is 5.76. The van der Waals surface area contributed by atoms with Crippen molar-refractivity contribution < 1.29 is 13.5 Å². The first kappa shape index (κ1) is 14.9. The van der Waals surface area contributed by atoms with Crippen molar-refractivity contribution in [1.29, 1.82) is 0 Å². The van der Waals surface area contributed by atoms with Crippen LogP contribution in [0.4, 0.5) is 0 Å². The van der Waals surface area contributed by atoms with E-state index in [9.17, 15) is 13.5 Å². The molecule has 2 unspecified atom stereocenters. The molecule has 1 fully saturated rings. The molecule has 6 heteroatoms. The van der Waals surface area contributed by atoms with E-state index in [2.05, 4.69) is 0 Å². The summed E-state index contributed by atoms with van der Waals surface area (Å²) in [7, 11) is -0.326. The molecule has 5 nitrogen and oxygen atoms in total. The van der Waals surface area contributed by atoms with Gasteiger partial charge in [0.05, 0.1) is 12.1 Å². The average Bonchev–Trinajstić information content (AvgIpc) is 2.27. The molecule has 0 aromatic carbocycles. The number of aliphatic hydroxyl groups is 1. The van der Waals surface area contributed by atoms with Gasteiger partial charge in [-0.25, -0.2) is 0 Å². The zero-order valence-electron chi connectivity index (χ0n) is 11.1. The molecule has 0 spiro atoms. The fourth-order valence-corrected chi connectivity index (χ4v) is 3.68. The Bertz CT molecular complexity index is 343. The molecular weight excluding hydrogens is 240 g/mol. The van der Waals surface area contributed by atoms with Crippen LogP contribution in [0, 0.1) is 0 Å². The SMILES string of the molecule is CC(C)N(C)S(=O)(=O)N(C)C1CCCCC1O. The number of rotatable bonds is 4. The van der Waals surface area contributed by atoms with Crippen molar-refractivity contribution in [3.05, 3.63) is 0 Å². The van der Waals surface area contributed by atoms with Gasteiger partial charge in [0.25, 0.3) is 10.2 Å². The van der Waals surface area contributed by atoms with Gasteiger partial charge >= 0.3 is 0 Å². The Labute approximate surface area is 105 Å². The van der Waals surface area contributed by atoms with Gasteiger partial charge < -0.3 is 5.11 Å². The van der Waals surface area contributed by atoms with Gasteiger partial charge in [-0.15, -0.1) is 0 Å². The Hall–Kier alpha value is -0.170. The molecular formula is C11H24N2O3S. The van der Waals surface area contributed by atoms with E-state index < -0.39 is 16.3 Å². The maximum absolute atomic E-state index is 12.3. The second-order valence-electron chi connectivity index (χ2n) is 5.05. The maximum Gasteiger partial charge on any atom is 0.282 e. The van der Waals surface area contributed by atoms with Crippen LogP contribution in [-0.2, 0) is 10.2 Å². The summed E-state index contributed by atoms with van der Waals surface area (Å²) in [6, 6.07) is -0.363. The van der Waals surface area contributed by atoms with Crippen LogP contribution >= 0.6 is 0 Å². The number of hydrogen-bond donors (Lipinski definition) is 1. The van der Waals surface area contributed by atoms with Crippen LogP contribution < -0.4 is 0 Å². The largest absolute Gasteiger partial charge is 0.391 e. The Kier molecular flexibility index (Phi) is 4.95. The van der Waals surface area contributed by atoms with Gasteiger partial charge in [-0.05, 0) is 26.7 Å². The first-order valence-corrected chi connectivity index (χ1v) is 7.57. The highest BCUT2D eigenvalue weighted by Gasteiger charge is 2.35. The van der Waals surface area contributed by atoms with Gasteiger partial charge in [-0.2, -0.15) is 17.0 Å². The van der Waals surface area contributed by atoms with Crippen molar-refractivity contribution in [1.82, 2.24) is 8.61 Å². The molecule has 0 saturated heterocycles. The van der Waals surface area contributed by atoms with E-state index in [1.165, 1.54) is 8.61 Å². The van der Waals surface area contributed by atoms with Crippen LogP contribution in [0.2, 0.25) is 0 Å². The quantitative estimate of drug-likeness (QED) is 0.817. The van der Waals surface area contributed by atoms with E-state index in [1.54, 1.807) is 14.1 Å². The summed E-state index contributed by atoms with van der Waals surface area (Å²) < 4.78 is 27.2. The summed E-state index contributed by atoms with van der Waals surface area (Å²) in [5, 5.41) is 9.90. The molecule has 1 aliphatic rings. The second kappa shape index (κ2) is 5.65. The molecule has 0 radical (unpaired) electrons. The summed E-state index contributed by atoms with van der Waals surface area (Å²) >= 11 is 0. The van der Waals surface area contributed by atoms with E-state index in [-0.39, 0.29) is 12.1 Å². The topological polar surface area (TPSA) is 60.9 Å². The third kappa shape index (κ3) is 3.19. The van der Waals surface area contributed by atoms with Crippen LogP contribution in [0.1, 0.15) is 39.5 Å². The van der Waals surface area contributed by atoms with E-state index in [1.807, 2.05) is 13.8 Å². The minimum atomic E-state index is -3.46. The van der Waals surface area contributed by atoms with Crippen LogP contribution in [0.15, 0.2) is 0 Å². The highest BCUT2D eigenvalue weighted by Crippen LogP contribution is 2.25. The van der Waals surface area contributed by atoms with Crippen molar-refractivity contribution in [3.8, 4) is 0 Å². The van der Waals surface area contributed by atoms with Gasteiger partial charge in [0, 0.05) is 20.1 Å². The monoisotopic (exact) mass is 264 g/mol. The van der Waals surface area contributed by atoms with Crippen molar-refractivity contribution >= 4 is 10.2 Å². The fourth-order valence-electron chi connectivity index (χ4n) is 2.16. The van der Waals surface area contributed by atoms with E-state index in [0.29, 0.717) is 6.42 Å². The van der Waals surface area contributed by atoms with E-state index in [4.69, 9.17) is 0 Å². The lowest BCUT2D eigenvalue weighted by atomic mass is 9.93. The summed E-state index contributed by atoms with van der Waals surface area (Å²) in [5.41, 5.74) is 0. The van der Waals surface area contributed by atoms with Gasteiger partial charge in [0.15, 0.2) is 0 Å². The van der Waals surface area contributed by atoms with Crippen molar-refractivity contribution in [3.63, 3.8) is 0 Å². The molecule has 2 atom stereocenters. The fraction of sp³-hybridized carbons (Fsp3) is 1.00. The lowest BCUT2D eigenvalue weighted by Gasteiger charge is -2.37.